The van der Waals surface area contributed by atoms with Crippen molar-refractivity contribution in [2.75, 3.05) is 26.2 Å². The van der Waals surface area contributed by atoms with Crippen LogP contribution in [0.3, 0.4) is 0 Å². The molecule has 0 N–H and O–H groups in total. The van der Waals surface area contributed by atoms with Gasteiger partial charge in [-0.15, -0.1) is 0 Å². The monoisotopic (exact) mass is 292 g/mol. The highest BCUT2D eigenvalue weighted by Gasteiger charge is 2.26. The van der Waals surface area contributed by atoms with E-state index in [2.05, 4.69) is 10.00 Å². The highest BCUT2D eigenvalue weighted by Crippen LogP contribution is 2.22. The smallest absolute Gasteiger partial charge is 0.410 e. The van der Waals surface area contributed by atoms with Crippen molar-refractivity contribution in [1.29, 1.82) is 0 Å². The average molecular weight is 292 g/mol. The molecular weight excluding hydrogens is 268 g/mol. The minimum Gasteiger partial charge on any atom is -0.446 e. The molecule has 0 bridgehead atoms. The van der Waals surface area contributed by atoms with Gasteiger partial charge in [-0.1, -0.05) is 0 Å². The number of aromatic nitrogens is 2. The second kappa shape index (κ2) is 6.47. The number of hydrogen-bond acceptors (Lipinski definition) is 4. The number of ether oxygens (including phenoxy) is 1. The zero-order valence-electron chi connectivity index (χ0n) is 12.7. The first-order chi connectivity index (χ1) is 10.2. The third-order valence-electron chi connectivity index (χ3n) is 4.51. The molecule has 1 saturated heterocycles. The van der Waals surface area contributed by atoms with Crippen molar-refractivity contribution in [2.45, 2.75) is 38.3 Å². The van der Waals surface area contributed by atoms with Gasteiger partial charge in [0.05, 0.1) is 5.69 Å². The van der Waals surface area contributed by atoms with E-state index >= 15 is 0 Å². The average Bonchev–Trinajstić information content (AvgIpc) is 3.12. The van der Waals surface area contributed by atoms with Gasteiger partial charge in [0, 0.05) is 46.0 Å². The fourth-order valence-electron chi connectivity index (χ4n) is 3.10. The first-order valence-corrected chi connectivity index (χ1v) is 7.87. The van der Waals surface area contributed by atoms with Crippen LogP contribution in [0.5, 0.6) is 0 Å². The fourth-order valence-corrected chi connectivity index (χ4v) is 3.10. The van der Waals surface area contributed by atoms with Gasteiger partial charge in [-0.25, -0.2) is 4.79 Å². The largest absolute Gasteiger partial charge is 0.446 e. The number of hydrogen-bond donors (Lipinski definition) is 0. The van der Waals surface area contributed by atoms with E-state index in [4.69, 9.17) is 4.74 Å². The number of amides is 1. The van der Waals surface area contributed by atoms with Gasteiger partial charge >= 0.3 is 6.09 Å². The van der Waals surface area contributed by atoms with Crippen LogP contribution in [0, 0.1) is 0 Å². The molecule has 2 heterocycles. The second-order valence-corrected chi connectivity index (χ2v) is 6.00. The molecule has 1 aliphatic carbocycles. The Labute approximate surface area is 125 Å². The molecule has 0 radical (unpaired) electrons. The molecule has 6 heteroatoms. The predicted octanol–water partition coefficient (Wildman–Crippen LogP) is 1.62. The molecule has 0 unspecified atom stereocenters. The first-order valence-electron chi connectivity index (χ1n) is 7.87. The maximum absolute atomic E-state index is 12.1. The summed E-state index contributed by atoms with van der Waals surface area (Å²) >= 11 is 0. The van der Waals surface area contributed by atoms with E-state index in [0.717, 1.165) is 45.6 Å². The highest BCUT2D eigenvalue weighted by atomic mass is 16.6. The third kappa shape index (κ3) is 3.56. The molecule has 2 fully saturated rings. The lowest BCUT2D eigenvalue weighted by Crippen LogP contribution is -2.49. The van der Waals surface area contributed by atoms with Crippen molar-refractivity contribution in [3.63, 3.8) is 0 Å². The molecule has 0 spiro atoms. The van der Waals surface area contributed by atoms with E-state index in [-0.39, 0.29) is 12.2 Å². The highest BCUT2D eigenvalue weighted by molar-refractivity contribution is 5.68. The Morgan fingerprint density at radius 1 is 1.29 bits per heavy atom. The molecule has 116 valence electrons. The predicted molar refractivity (Wildman–Crippen MR) is 78.8 cm³/mol. The molecule has 2 aliphatic rings. The lowest BCUT2D eigenvalue weighted by Gasteiger charge is -2.34. The molecule has 21 heavy (non-hydrogen) atoms. The molecule has 0 atom stereocenters. The molecule has 0 aromatic carbocycles. The maximum atomic E-state index is 12.1. The number of aryl methyl sites for hydroxylation is 1. The van der Waals surface area contributed by atoms with Gasteiger partial charge in [0.2, 0.25) is 0 Å². The molecular formula is C15H24N4O2. The van der Waals surface area contributed by atoms with Crippen molar-refractivity contribution >= 4 is 6.09 Å². The van der Waals surface area contributed by atoms with Crippen LogP contribution in [-0.4, -0.2) is 58.0 Å². The molecule has 1 aromatic rings. The van der Waals surface area contributed by atoms with E-state index in [1.54, 1.807) is 0 Å². The van der Waals surface area contributed by atoms with Crippen LogP contribution < -0.4 is 0 Å². The number of carbonyl (C=O) groups is 1. The Morgan fingerprint density at radius 3 is 2.62 bits per heavy atom. The Hall–Kier alpha value is -1.56. The summed E-state index contributed by atoms with van der Waals surface area (Å²) in [5.41, 5.74) is 1.21. The summed E-state index contributed by atoms with van der Waals surface area (Å²) in [4.78, 5) is 16.3. The van der Waals surface area contributed by atoms with Crippen LogP contribution in [-0.2, 0) is 18.3 Å². The van der Waals surface area contributed by atoms with E-state index in [9.17, 15) is 4.79 Å². The van der Waals surface area contributed by atoms with Gasteiger partial charge in [-0.3, -0.25) is 9.58 Å². The fraction of sp³-hybridized carbons (Fsp3) is 0.733. The summed E-state index contributed by atoms with van der Waals surface area (Å²) in [6.07, 6.45) is 6.31. The Kier molecular flexibility index (Phi) is 4.43. The van der Waals surface area contributed by atoms with E-state index < -0.39 is 0 Å². The maximum Gasteiger partial charge on any atom is 0.410 e. The summed E-state index contributed by atoms with van der Waals surface area (Å²) in [6.45, 7) is 4.19. The van der Waals surface area contributed by atoms with Crippen LogP contribution in [0.25, 0.3) is 0 Å². The van der Waals surface area contributed by atoms with Crippen LogP contribution >= 0.6 is 0 Å². The van der Waals surface area contributed by atoms with Gasteiger partial charge in [-0.05, 0) is 31.7 Å². The Morgan fingerprint density at radius 2 is 2.00 bits per heavy atom. The summed E-state index contributed by atoms with van der Waals surface area (Å²) in [5.74, 6) is 0. The molecule has 6 nitrogen and oxygen atoms in total. The number of rotatable bonds is 3. The first kappa shape index (κ1) is 14.4. The van der Waals surface area contributed by atoms with Gasteiger partial charge < -0.3 is 9.64 Å². The quantitative estimate of drug-likeness (QED) is 0.849. The number of carbonyl (C=O) groups excluding carboxylic acids is 1. The molecule has 3 rings (SSSR count). The van der Waals surface area contributed by atoms with Crippen LogP contribution in [0.1, 0.15) is 31.4 Å². The van der Waals surface area contributed by atoms with E-state index in [1.165, 1.54) is 18.5 Å². The van der Waals surface area contributed by atoms with E-state index in [0.29, 0.717) is 0 Å². The van der Waals surface area contributed by atoms with Crippen molar-refractivity contribution < 1.29 is 9.53 Å². The lowest BCUT2D eigenvalue weighted by atomic mass is 10.3. The van der Waals surface area contributed by atoms with Gasteiger partial charge in [0.1, 0.15) is 6.10 Å². The summed E-state index contributed by atoms with van der Waals surface area (Å²) in [7, 11) is 1.96. The summed E-state index contributed by atoms with van der Waals surface area (Å²) in [6, 6.07) is 2.04. The van der Waals surface area contributed by atoms with Gasteiger partial charge in [0.25, 0.3) is 0 Å². The minimum atomic E-state index is -0.123. The van der Waals surface area contributed by atoms with Crippen LogP contribution in [0.4, 0.5) is 4.79 Å². The zero-order chi connectivity index (χ0) is 14.7. The van der Waals surface area contributed by atoms with Crippen LogP contribution in [0.15, 0.2) is 12.3 Å². The normalized spacial score (nSPS) is 20.9. The van der Waals surface area contributed by atoms with Crippen molar-refractivity contribution in [1.82, 2.24) is 19.6 Å². The van der Waals surface area contributed by atoms with Crippen molar-refractivity contribution in [3.8, 4) is 0 Å². The second-order valence-electron chi connectivity index (χ2n) is 6.00. The van der Waals surface area contributed by atoms with Crippen molar-refractivity contribution in [2.24, 2.45) is 7.05 Å². The Balaban J connectivity index is 1.44. The molecule has 1 aromatic heterocycles. The minimum absolute atomic E-state index is 0.123. The zero-order valence-corrected chi connectivity index (χ0v) is 12.7. The standard InChI is InChI=1S/C15H24N4O2/c1-17-13(6-7-16-17)12-18-8-10-19(11-9-18)15(20)21-14-4-2-3-5-14/h6-7,14H,2-5,8-12H2,1H3. The Bertz CT molecular complexity index is 474. The third-order valence-corrected chi connectivity index (χ3v) is 4.51. The molecule has 1 saturated carbocycles. The molecule has 1 aliphatic heterocycles. The topological polar surface area (TPSA) is 50.6 Å². The summed E-state index contributed by atoms with van der Waals surface area (Å²) in [5, 5.41) is 4.19. The van der Waals surface area contributed by atoms with Gasteiger partial charge in [0.15, 0.2) is 0 Å². The van der Waals surface area contributed by atoms with Gasteiger partial charge in [-0.2, -0.15) is 5.10 Å². The van der Waals surface area contributed by atoms with Crippen LogP contribution in [0.2, 0.25) is 0 Å². The molecule has 1 amide bonds. The number of piperazine rings is 1. The SMILES string of the molecule is Cn1nccc1CN1CCN(C(=O)OC2CCCC2)CC1. The van der Waals surface area contributed by atoms with E-state index in [1.807, 2.05) is 28.9 Å². The number of nitrogens with zero attached hydrogens (tertiary/aromatic N) is 4. The summed E-state index contributed by atoms with van der Waals surface area (Å²) < 4.78 is 7.47. The lowest BCUT2D eigenvalue weighted by molar-refractivity contribution is 0.0469. The van der Waals surface area contributed by atoms with Crippen molar-refractivity contribution in [3.05, 3.63) is 18.0 Å².